The number of nitrogens with zero attached hydrogens (tertiary/aromatic N) is 1. The molecule has 1 aromatic carbocycles. The number of carbonyl (C=O) groups excluding carboxylic acids is 1. The molecule has 1 amide bonds. The fraction of sp³-hybridized carbons (Fsp3) is 0.529. The van der Waals surface area contributed by atoms with E-state index >= 15 is 0 Å². The van der Waals surface area contributed by atoms with Crippen molar-refractivity contribution >= 4 is 23.5 Å². The molecule has 0 saturated carbocycles. The minimum Gasteiger partial charge on any atom is -0.489 e. The van der Waals surface area contributed by atoms with Crippen molar-refractivity contribution in [2.75, 3.05) is 26.3 Å². The van der Waals surface area contributed by atoms with Gasteiger partial charge in [0.05, 0.1) is 18.2 Å². The molecular weight excluding hydrogens is 348 g/mol. The second-order valence-electron chi connectivity index (χ2n) is 5.92. The smallest absolute Gasteiger partial charge is 0.320 e. The van der Waals surface area contributed by atoms with Crippen LogP contribution in [0, 0.1) is 0 Å². The van der Waals surface area contributed by atoms with Crippen molar-refractivity contribution in [3.63, 3.8) is 0 Å². The van der Waals surface area contributed by atoms with E-state index in [9.17, 15) is 14.7 Å². The summed E-state index contributed by atoms with van der Waals surface area (Å²) in [4.78, 5) is 24.2. The Bertz CT molecular complexity index is 638. The van der Waals surface area contributed by atoms with Crippen LogP contribution in [0.2, 0.25) is 5.02 Å². The molecule has 1 unspecified atom stereocenters. The first kappa shape index (κ1) is 19.3. The van der Waals surface area contributed by atoms with E-state index in [2.05, 4.69) is 5.32 Å². The predicted octanol–water partition coefficient (Wildman–Crippen LogP) is 1.91. The molecule has 1 atom stereocenters. The largest absolute Gasteiger partial charge is 0.489 e. The number of carboxylic acid groups (broad SMARTS) is 1. The van der Waals surface area contributed by atoms with Gasteiger partial charge in [-0.15, -0.1) is 0 Å². The molecule has 8 heteroatoms. The quantitative estimate of drug-likeness (QED) is 0.762. The second kappa shape index (κ2) is 8.92. The van der Waals surface area contributed by atoms with Crippen LogP contribution < -0.4 is 14.8 Å². The summed E-state index contributed by atoms with van der Waals surface area (Å²) in [6.07, 6.45) is 0.777. The number of carbonyl (C=O) groups is 2. The molecule has 0 radical (unpaired) electrons. The van der Waals surface area contributed by atoms with E-state index in [1.807, 2.05) is 6.07 Å². The number of halogens is 1. The summed E-state index contributed by atoms with van der Waals surface area (Å²) >= 11 is 6.29. The molecule has 1 heterocycles. The lowest BCUT2D eigenvalue weighted by Gasteiger charge is -2.26. The Labute approximate surface area is 151 Å². The number of ether oxygens (including phenoxy) is 2. The molecule has 138 valence electrons. The van der Waals surface area contributed by atoms with Crippen molar-refractivity contribution in [3.8, 4) is 11.5 Å². The van der Waals surface area contributed by atoms with Gasteiger partial charge in [-0.3, -0.25) is 14.5 Å². The standard InChI is InChI=1S/C17H23ClN2O5/c1-11(17(22)23)20(5-4-19-12(2)21)10-13-8-14(18)16-15(9-13)24-6-3-7-25-16/h8-9,11H,3-7,10H2,1-2H3,(H,19,21)(H,22,23). The van der Waals surface area contributed by atoms with E-state index in [0.29, 0.717) is 49.4 Å². The average Bonchev–Trinajstić information content (AvgIpc) is 2.78. The van der Waals surface area contributed by atoms with E-state index in [4.69, 9.17) is 21.1 Å². The number of aliphatic carboxylic acids is 1. The average molecular weight is 371 g/mol. The third-order valence-electron chi connectivity index (χ3n) is 3.93. The van der Waals surface area contributed by atoms with Crippen molar-refractivity contribution < 1.29 is 24.2 Å². The van der Waals surface area contributed by atoms with Gasteiger partial charge in [0, 0.05) is 33.0 Å². The highest BCUT2D eigenvalue weighted by atomic mass is 35.5. The van der Waals surface area contributed by atoms with E-state index in [0.717, 1.165) is 12.0 Å². The Morgan fingerprint density at radius 3 is 2.76 bits per heavy atom. The van der Waals surface area contributed by atoms with Crippen LogP contribution in [0.15, 0.2) is 12.1 Å². The van der Waals surface area contributed by atoms with Crippen LogP contribution in [0.25, 0.3) is 0 Å². The van der Waals surface area contributed by atoms with Gasteiger partial charge in [-0.1, -0.05) is 11.6 Å². The number of nitrogens with one attached hydrogen (secondary N) is 1. The zero-order valence-electron chi connectivity index (χ0n) is 14.4. The topological polar surface area (TPSA) is 88.1 Å². The highest BCUT2D eigenvalue weighted by molar-refractivity contribution is 6.32. The molecule has 0 aromatic heterocycles. The molecule has 0 aliphatic carbocycles. The van der Waals surface area contributed by atoms with Crippen molar-refractivity contribution in [3.05, 3.63) is 22.7 Å². The third-order valence-corrected chi connectivity index (χ3v) is 4.21. The molecule has 1 aliphatic heterocycles. The number of hydrogen-bond acceptors (Lipinski definition) is 5. The molecule has 2 rings (SSSR count). The van der Waals surface area contributed by atoms with Crippen LogP contribution in [0.4, 0.5) is 0 Å². The summed E-state index contributed by atoms with van der Waals surface area (Å²) in [6, 6.07) is 2.88. The number of fused-ring (bicyclic) bond motifs is 1. The van der Waals surface area contributed by atoms with Gasteiger partial charge in [0.2, 0.25) is 5.91 Å². The van der Waals surface area contributed by atoms with E-state index in [1.54, 1.807) is 17.9 Å². The molecule has 0 saturated heterocycles. The lowest BCUT2D eigenvalue weighted by Crippen LogP contribution is -2.42. The highest BCUT2D eigenvalue weighted by Gasteiger charge is 2.22. The Morgan fingerprint density at radius 2 is 2.08 bits per heavy atom. The minimum absolute atomic E-state index is 0.151. The normalized spacial score (nSPS) is 14.7. The molecule has 2 N–H and O–H groups in total. The fourth-order valence-corrected chi connectivity index (χ4v) is 2.84. The number of rotatable bonds is 7. The molecular formula is C17H23ClN2O5. The van der Waals surface area contributed by atoms with Crippen LogP contribution in [0.1, 0.15) is 25.8 Å². The summed E-state index contributed by atoms with van der Waals surface area (Å²) in [5.74, 6) is 0.0219. The zero-order valence-corrected chi connectivity index (χ0v) is 15.1. The van der Waals surface area contributed by atoms with Gasteiger partial charge in [-0.05, 0) is 24.6 Å². The molecule has 0 spiro atoms. The molecule has 1 aliphatic rings. The van der Waals surface area contributed by atoms with Crippen LogP contribution in [-0.2, 0) is 16.1 Å². The Kier molecular flexibility index (Phi) is 6.90. The van der Waals surface area contributed by atoms with Crippen molar-refractivity contribution in [1.29, 1.82) is 0 Å². The van der Waals surface area contributed by atoms with Crippen molar-refractivity contribution in [2.24, 2.45) is 0 Å². The summed E-state index contributed by atoms with van der Waals surface area (Å²) < 4.78 is 11.3. The molecule has 0 fully saturated rings. The van der Waals surface area contributed by atoms with Crippen LogP contribution in [-0.4, -0.2) is 54.2 Å². The second-order valence-corrected chi connectivity index (χ2v) is 6.33. The number of carboxylic acids is 1. The first-order valence-electron chi connectivity index (χ1n) is 8.17. The van der Waals surface area contributed by atoms with Crippen LogP contribution >= 0.6 is 11.6 Å². The third kappa shape index (κ3) is 5.51. The van der Waals surface area contributed by atoms with Crippen molar-refractivity contribution in [1.82, 2.24) is 10.2 Å². The Morgan fingerprint density at radius 1 is 1.36 bits per heavy atom. The monoisotopic (exact) mass is 370 g/mol. The number of benzene rings is 1. The Balaban J connectivity index is 2.16. The van der Waals surface area contributed by atoms with Crippen LogP contribution in [0.3, 0.4) is 0 Å². The predicted molar refractivity (Wildman–Crippen MR) is 93.3 cm³/mol. The molecule has 0 bridgehead atoms. The Hall–Kier alpha value is -1.99. The lowest BCUT2D eigenvalue weighted by molar-refractivity contribution is -0.142. The summed E-state index contributed by atoms with van der Waals surface area (Å²) in [6.45, 7) is 5.26. The fourth-order valence-electron chi connectivity index (χ4n) is 2.55. The maximum absolute atomic E-state index is 11.4. The van der Waals surface area contributed by atoms with E-state index in [1.165, 1.54) is 6.92 Å². The van der Waals surface area contributed by atoms with E-state index < -0.39 is 12.0 Å². The summed E-state index contributed by atoms with van der Waals surface area (Å²) in [7, 11) is 0. The number of amides is 1. The maximum Gasteiger partial charge on any atom is 0.320 e. The minimum atomic E-state index is -0.928. The molecule has 25 heavy (non-hydrogen) atoms. The zero-order chi connectivity index (χ0) is 18.4. The van der Waals surface area contributed by atoms with Gasteiger partial charge in [0.1, 0.15) is 6.04 Å². The SMILES string of the molecule is CC(=O)NCCN(Cc1cc(Cl)c2c(c1)OCCCO2)C(C)C(=O)O. The maximum atomic E-state index is 11.4. The van der Waals surface area contributed by atoms with Crippen LogP contribution in [0.5, 0.6) is 11.5 Å². The summed E-state index contributed by atoms with van der Waals surface area (Å²) in [5.41, 5.74) is 0.824. The van der Waals surface area contributed by atoms with Crippen molar-refractivity contribution in [2.45, 2.75) is 32.9 Å². The van der Waals surface area contributed by atoms with Gasteiger partial charge in [-0.25, -0.2) is 0 Å². The van der Waals surface area contributed by atoms with Gasteiger partial charge >= 0.3 is 5.97 Å². The van der Waals surface area contributed by atoms with E-state index in [-0.39, 0.29) is 5.91 Å². The summed E-state index contributed by atoms with van der Waals surface area (Å²) in [5, 5.41) is 12.4. The molecule has 1 aromatic rings. The van der Waals surface area contributed by atoms with Gasteiger partial charge in [0.15, 0.2) is 11.5 Å². The first-order valence-corrected chi connectivity index (χ1v) is 8.55. The lowest BCUT2D eigenvalue weighted by atomic mass is 10.1. The highest BCUT2D eigenvalue weighted by Crippen LogP contribution is 2.38. The first-order chi connectivity index (χ1) is 11.9. The van der Waals surface area contributed by atoms with Gasteiger partial charge in [-0.2, -0.15) is 0 Å². The van der Waals surface area contributed by atoms with Gasteiger partial charge in [0.25, 0.3) is 0 Å². The van der Waals surface area contributed by atoms with Gasteiger partial charge < -0.3 is 19.9 Å². The number of hydrogen-bond donors (Lipinski definition) is 2. The molecule has 7 nitrogen and oxygen atoms in total.